The van der Waals surface area contributed by atoms with Gasteiger partial charge < -0.3 is 14.0 Å². The summed E-state index contributed by atoms with van der Waals surface area (Å²) < 4.78 is 17.1. The minimum Gasteiger partial charge on any atom is -0.465 e. The van der Waals surface area contributed by atoms with Crippen LogP contribution in [0.1, 0.15) is 49.2 Å². The van der Waals surface area contributed by atoms with Crippen molar-refractivity contribution in [3.05, 3.63) is 83.3 Å². The van der Waals surface area contributed by atoms with Crippen molar-refractivity contribution in [3.63, 3.8) is 0 Å². The third-order valence-corrected chi connectivity index (χ3v) is 5.48. The predicted octanol–water partition coefficient (Wildman–Crippen LogP) is 5.20. The SMILES string of the molecule is COC(=O)c1ccc(C(/C=C/c2ccccc2)=C/B2OC(C)(C)C(C)(C)O2)cc1. The van der Waals surface area contributed by atoms with Crippen LogP contribution < -0.4 is 0 Å². The zero-order valence-electron chi connectivity index (χ0n) is 17.6. The molecule has 3 rings (SSSR count). The Kier molecular flexibility index (Phi) is 6.11. The molecule has 0 saturated carbocycles. The number of carbonyl (C=O) groups is 1. The number of esters is 1. The van der Waals surface area contributed by atoms with Gasteiger partial charge in [-0.3, -0.25) is 0 Å². The van der Waals surface area contributed by atoms with Crippen molar-refractivity contribution >= 4 is 24.7 Å². The highest BCUT2D eigenvalue weighted by molar-refractivity contribution is 6.53. The Morgan fingerprint density at radius 3 is 2.00 bits per heavy atom. The summed E-state index contributed by atoms with van der Waals surface area (Å²) in [6, 6.07) is 17.4. The highest BCUT2D eigenvalue weighted by Gasteiger charge is 2.50. The first-order valence-corrected chi connectivity index (χ1v) is 9.71. The molecule has 0 aromatic heterocycles. The number of hydrogen-bond donors (Lipinski definition) is 0. The molecule has 0 N–H and O–H groups in total. The Labute approximate surface area is 173 Å². The van der Waals surface area contributed by atoms with Crippen LogP contribution in [0.5, 0.6) is 0 Å². The van der Waals surface area contributed by atoms with E-state index in [4.69, 9.17) is 14.0 Å². The second-order valence-electron chi connectivity index (χ2n) is 8.06. The van der Waals surface area contributed by atoms with Gasteiger partial charge in [0.05, 0.1) is 23.9 Å². The molecule has 2 aromatic rings. The van der Waals surface area contributed by atoms with Gasteiger partial charge in [-0.05, 0) is 62.5 Å². The molecule has 2 aromatic carbocycles. The van der Waals surface area contributed by atoms with Gasteiger partial charge in [-0.2, -0.15) is 0 Å². The van der Waals surface area contributed by atoms with E-state index >= 15 is 0 Å². The summed E-state index contributed by atoms with van der Waals surface area (Å²) in [6.45, 7) is 8.13. The smallest absolute Gasteiger partial charge is 0.465 e. The molecule has 1 saturated heterocycles. The van der Waals surface area contributed by atoms with Gasteiger partial charge in [-0.1, -0.05) is 54.6 Å². The first-order chi connectivity index (χ1) is 13.7. The minimum atomic E-state index is -0.462. The molecule has 1 aliphatic heterocycles. The molecule has 0 atom stereocenters. The van der Waals surface area contributed by atoms with Gasteiger partial charge in [0, 0.05) is 0 Å². The lowest BCUT2D eigenvalue weighted by Crippen LogP contribution is -2.41. The van der Waals surface area contributed by atoms with Crippen LogP contribution in [0.25, 0.3) is 11.6 Å². The highest BCUT2D eigenvalue weighted by Crippen LogP contribution is 2.37. The lowest BCUT2D eigenvalue weighted by molar-refractivity contribution is 0.00578. The number of ether oxygens (including phenoxy) is 1. The molecule has 0 unspecified atom stereocenters. The summed E-state index contributed by atoms with van der Waals surface area (Å²) in [5.74, 6) is 1.62. The van der Waals surface area contributed by atoms with Crippen LogP contribution >= 0.6 is 0 Å². The molecular formula is C24H27BO4. The monoisotopic (exact) mass is 390 g/mol. The van der Waals surface area contributed by atoms with Crippen molar-refractivity contribution in [2.24, 2.45) is 0 Å². The number of rotatable bonds is 5. The molecule has 0 aliphatic carbocycles. The summed E-state index contributed by atoms with van der Waals surface area (Å²) in [6.07, 6.45) is 4.08. The fraction of sp³-hybridized carbons (Fsp3) is 0.292. The highest BCUT2D eigenvalue weighted by atomic mass is 16.7. The third-order valence-electron chi connectivity index (χ3n) is 5.48. The van der Waals surface area contributed by atoms with E-state index in [-0.39, 0.29) is 5.97 Å². The van der Waals surface area contributed by atoms with Crippen LogP contribution in [0.15, 0.2) is 66.6 Å². The van der Waals surface area contributed by atoms with Gasteiger partial charge in [0.1, 0.15) is 0 Å². The van der Waals surface area contributed by atoms with Crippen molar-refractivity contribution in [1.82, 2.24) is 0 Å². The second kappa shape index (κ2) is 8.40. The van der Waals surface area contributed by atoms with Crippen molar-refractivity contribution < 1.29 is 18.8 Å². The maximum atomic E-state index is 11.7. The van der Waals surface area contributed by atoms with Gasteiger partial charge in [-0.15, -0.1) is 0 Å². The van der Waals surface area contributed by atoms with E-state index in [1.54, 1.807) is 12.1 Å². The molecule has 5 heteroatoms. The Hall–Kier alpha value is -2.63. The fourth-order valence-electron chi connectivity index (χ4n) is 3.02. The lowest BCUT2D eigenvalue weighted by Gasteiger charge is -2.32. The van der Waals surface area contributed by atoms with Crippen LogP contribution in [0.4, 0.5) is 0 Å². The van der Waals surface area contributed by atoms with Gasteiger partial charge in [0.15, 0.2) is 0 Å². The standard InChI is InChI=1S/C24H27BO4/c1-23(2)24(3,4)29-25(28-23)17-21(12-11-18-9-7-6-8-10-18)19-13-15-20(16-14-19)22(26)27-5/h6-17H,1-5H3/b12-11+,21-17+. The number of benzene rings is 2. The summed E-state index contributed by atoms with van der Waals surface area (Å²) >= 11 is 0. The summed E-state index contributed by atoms with van der Waals surface area (Å²) in [7, 11) is 0.915. The Bertz CT molecular complexity index is 896. The first kappa shape index (κ1) is 21.1. The fourth-order valence-corrected chi connectivity index (χ4v) is 3.02. The zero-order valence-corrected chi connectivity index (χ0v) is 17.6. The summed E-state index contributed by atoms with van der Waals surface area (Å²) in [4.78, 5) is 11.7. The van der Waals surface area contributed by atoms with E-state index in [2.05, 4.69) is 0 Å². The second-order valence-corrected chi connectivity index (χ2v) is 8.06. The quantitative estimate of drug-likeness (QED) is 0.400. The first-order valence-electron chi connectivity index (χ1n) is 9.71. The number of allylic oxidation sites excluding steroid dienone is 2. The van der Waals surface area contributed by atoms with Crippen LogP contribution in [-0.4, -0.2) is 31.4 Å². The molecule has 0 radical (unpaired) electrons. The Morgan fingerprint density at radius 2 is 1.45 bits per heavy atom. The molecular weight excluding hydrogens is 363 g/mol. The lowest BCUT2D eigenvalue weighted by atomic mass is 9.84. The minimum absolute atomic E-state index is 0.354. The van der Waals surface area contributed by atoms with E-state index in [0.29, 0.717) is 5.56 Å². The molecule has 1 heterocycles. The average Bonchev–Trinajstić information content (AvgIpc) is 2.91. The van der Waals surface area contributed by atoms with E-state index in [0.717, 1.165) is 16.7 Å². The van der Waals surface area contributed by atoms with E-state index in [1.807, 2.05) is 88.3 Å². The van der Waals surface area contributed by atoms with Crippen LogP contribution in [0.3, 0.4) is 0 Å². The molecule has 150 valence electrons. The number of hydrogen-bond acceptors (Lipinski definition) is 4. The number of methoxy groups -OCH3 is 1. The predicted molar refractivity (Wildman–Crippen MR) is 117 cm³/mol. The van der Waals surface area contributed by atoms with Crippen LogP contribution in [-0.2, 0) is 14.0 Å². The molecule has 1 fully saturated rings. The maximum absolute atomic E-state index is 11.7. The van der Waals surface area contributed by atoms with Crippen molar-refractivity contribution in [3.8, 4) is 0 Å². The van der Waals surface area contributed by atoms with Gasteiger partial charge in [0.2, 0.25) is 0 Å². The maximum Gasteiger partial charge on any atom is 0.487 e. The van der Waals surface area contributed by atoms with Gasteiger partial charge in [-0.25, -0.2) is 4.79 Å². The van der Waals surface area contributed by atoms with E-state index < -0.39 is 18.3 Å². The topological polar surface area (TPSA) is 44.8 Å². The van der Waals surface area contributed by atoms with E-state index in [1.165, 1.54) is 7.11 Å². The molecule has 0 amide bonds. The van der Waals surface area contributed by atoms with Gasteiger partial charge in [0.25, 0.3) is 0 Å². The molecule has 0 spiro atoms. The van der Waals surface area contributed by atoms with Crippen molar-refractivity contribution in [2.75, 3.05) is 7.11 Å². The normalized spacial score (nSPS) is 18.2. The zero-order chi connectivity index (χ0) is 21.1. The summed E-state index contributed by atoms with van der Waals surface area (Å²) in [5.41, 5.74) is 2.70. The average molecular weight is 390 g/mol. The Balaban J connectivity index is 1.94. The van der Waals surface area contributed by atoms with E-state index in [9.17, 15) is 4.79 Å². The van der Waals surface area contributed by atoms with Gasteiger partial charge >= 0.3 is 13.1 Å². The van der Waals surface area contributed by atoms with Crippen LogP contribution in [0, 0.1) is 0 Å². The molecule has 29 heavy (non-hydrogen) atoms. The largest absolute Gasteiger partial charge is 0.487 e. The van der Waals surface area contributed by atoms with Crippen molar-refractivity contribution in [2.45, 2.75) is 38.9 Å². The third kappa shape index (κ3) is 4.87. The van der Waals surface area contributed by atoms with Crippen LogP contribution in [0.2, 0.25) is 0 Å². The molecule has 1 aliphatic rings. The molecule has 4 nitrogen and oxygen atoms in total. The summed E-state index contributed by atoms with van der Waals surface area (Å²) in [5, 5.41) is 0. The Morgan fingerprint density at radius 1 is 0.897 bits per heavy atom. The molecule has 0 bridgehead atoms. The number of carbonyl (C=O) groups excluding carboxylic acids is 1. The van der Waals surface area contributed by atoms with Crippen molar-refractivity contribution in [1.29, 1.82) is 0 Å².